The summed E-state index contributed by atoms with van der Waals surface area (Å²) in [6.45, 7) is 4.37. The van der Waals surface area contributed by atoms with Crippen LogP contribution >= 0.6 is 0 Å². The molecular weight excluding hydrogens is 158 g/mol. The Morgan fingerprint density at radius 2 is 2.50 bits per heavy atom. The fourth-order valence-electron chi connectivity index (χ4n) is 1.16. The fraction of sp³-hybridized carbons (Fsp3) is 0.625. The normalized spacial score (nSPS) is 29.3. The van der Waals surface area contributed by atoms with E-state index in [4.69, 9.17) is 9.84 Å². The van der Waals surface area contributed by atoms with E-state index in [0.717, 1.165) is 5.57 Å². The van der Waals surface area contributed by atoms with E-state index in [2.05, 4.69) is 5.32 Å². The van der Waals surface area contributed by atoms with E-state index < -0.39 is 6.09 Å². The van der Waals surface area contributed by atoms with Crippen LogP contribution in [0, 0.1) is 0 Å². The van der Waals surface area contributed by atoms with Gasteiger partial charge >= 0.3 is 6.09 Å². The van der Waals surface area contributed by atoms with Gasteiger partial charge in [0.05, 0.1) is 18.8 Å². The molecule has 0 radical (unpaired) electrons. The first-order valence-corrected chi connectivity index (χ1v) is 3.88. The molecule has 1 aliphatic rings. The molecule has 4 heteroatoms. The van der Waals surface area contributed by atoms with Gasteiger partial charge in [-0.1, -0.05) is 6.08 Å². The highest BCUT2D eigenvalue weighted by Crippen LogP contribution is 2.11. The zero-order chi connectivity index (χ0) is 9.14. The van der Waals surface area contributed by atoms with Crippen LogP contribution in [0.25, 0.3) is 0 Å². The molecule has 12 heavy (non-hydrogen) atoms. The molecule has 1 aliphatic heterocycles. The summed E-state index contributed by atoms with van der Waals surface area (Å²) in [5, 5.41) is 10.9. The highest BCUT2D eigenvalue weighted by atomic mass is 16.5. The Bertz CT molecular complexity index is 212. The third-order valence-corrected chi connectivity index (χ3v) is 1.83. The van der Waals surface area contributed by atoms with E-state index >= 15 is 0 Å². The first-order valence-electron chi connectivity index (χ1n) is 3.88. The first kappa shape index (κ1) is 9.06. The smallest absolute Gasteiger partial charge is 0.405 e. The van der Waals surface area contributed by atoms with Crippen LogP contribution in [-0.2, 0) is 4.74 Å². The minimum absolute atomic E-state index is 0.0789. The maximum atomic E-state index is 10.3. The van der Waals surface area contributed by atoms with Crippen LogP contribution in [0.15, 0.2) is 11.6 Å². The van der Waals surface area contributed by atoms with Crippen molar-refractivity contribution in [2.45, 2.75) is 26.0 Å². The lowest BCUT2D eigenvalue weighted by Crippen LogP contribution is -2.43. The third-order valence-electron chi connectivity index (χ3n) is 1.83. The topological polar surface area (TPSA) is 58.6 Å². The van der Waals surface area contributed by atoms with Crippen LogP contribution in [0.1, 0.15) is 13.8 Å². The van der Waals surface area contributed by atoms with E-state index in [1.165, 1.54) is 0 Å². The molecule has 1 rings (SSSR count). The molecule has 1 amide bonds. The third kappa shape index (κ3) is 2.23. The van der Waals surface area contributed by atoms with Crippen LogP contribution in [0.2, 0.25) is 0 Å². The van der Waals surface area contributed by atoms with Crippen LogP contribution in [-0.4, -0.2) is 30.0 Å². The Balaban J connectivity index is 2.60. The zero-order valence-electron chi connectivity index (χ0n) is 7.20. The number of hydrogen-bond donors (Lipinski definition) is 2. The highest BCUT2D eigenvalue weighted by molar-refractivity contribution is 5.65. The minimum atomic E-state index is -1.01. The fourth-order valence-corrected chi connectivity index (χ4v) is 1.16. The largest absolute Gasteiger partial charge is 0.465 e. The van der Waals surface area contributed by atoms with Gasteiger partial charge in [0.2, 0.25) is 0 Å². The lowest BCUT2D eigenvalue weighted by Gasteiger charge is -2.26. The number of amides is 1. The number of carboxylic acid groups (broad SMARTS) is 1. The molecule has 1 heterocycles. The molecule has 0 unspecified atom stereocenters. The summed E-state index contributed by atoms with van der Waals surface area (Å²) >= 11 is 0. The van der Waals surface area contributed by atoms with Crippen molar-refractivity contribution in [3.8, 4) is 0 Å². The van der Waals surface area contributed by atoms with Gasteiger partial charge < -0.3 is 15.2 Å². The van der Waals surface area contributed by atoms with Crippen molar-refractivity contribution >= 4 is 6.09 Å². The van der Waals surface area contributed by atoms with Gasteiger partial charge in [0, 0.05) is 0 Å². The quantitative estimate of drug-likeness (QED) is 0.578. The summed E-state index contributed by atoms with van der Waals surface area (Å²) in [6, 6.07) is -0.212. The Morgan fingerprint density at radius 3 is 3.08 bits per heavy atom. The lowest BCUT2D eigenvalue weighted by molar-refractivity contribution is 0.0540. The summed E-state index contributed by atoms with van der Waals surface area (Å²) in [5.41, 5.74) is 1.06. The summed E-state index contributed by atoms with van der Waals surface area (Å²) in [4.78, 5) is 10.3. The highest BCUT2D eigenvalue weighted by Gasteiger charge is 2.21. The monoisotopic (exact) mass is 171 g/mol. The van der Waals surface area contributed by atoms with Gasteiger partial charge in [0.25, 0.3) is 0 Å². The Morgan fingerprint density at radius 1 is 1.83 bits per heavy atom. The average molecular weight is 171 g/mol. The molecule has 68 valence electrons. The summed E-state index contributed by atoms with van der Waals surface area (Å²) in [6.07, 6.45) is 0.800. The molecule has 0 fully saturated rings. The van der Waals surface area contributed by atoms with Crippen LogP contribution in [0.5, 0.6) is 0 Å². The molecule has 2 atom stereocenters. The average Bonchev–Trinajstić information content (AvgIpc) is 1.96. The van der Waals surface area contributed by atoms with Gasteiger partial charge in [0.1, 0.15) is 0 Å². The summed E-state index contributed by atoms with van der Waals surface area (Å²) in [7, 11) is 0. The van der Waals surface area contributed by atoms with Gasteiger partial charge in [0.15, 0.2) is 0 Å². The second-order valence-corrected chi connectivity index (χ2v) is 3.00. The molecule has 0 bridgehead atoms. The number of rotatable bonds is 1. The number of carbonyl (C=O) groups is 1. The number of nitrogens with one attached hydrogen (secondary N) is 1. The van der Waals surface area contributed by atoms with E-state index in [1.54, 1.807) is 0 Å². The maximum Gasteiger partial charge on any atom is 0.405 e. The molecule has 0 aromatic carbocycles. The molecule has 4 nitrogen and oxygen atoms in total. The summed E-state index contributed by atoms with van der Waals surface area (Å²) < 4.78 is 5.31. The Labute approximate surface area is 71.2 Å². The molecule has 0 aromatic heterocycles. The molecule has 0 saturated carbocycles. The zero-order valence-corrected chi connectivity index (χ0v) is 7.20. The van der Waals surface area contributed by atoms with E-state index in [0.29, 0.717) is 6.61 Å². The second-order valence-electron chi connectivity index (χ2n) is 3.00. The number of hydrogen-bond acceptors (Lipinski definition) is 2. The predicted molar refractivity (Wildman–Crippen MR) is 44.1 cm³/mol. The van der Waals surface area contributed by atoms with Gasteiger partial charge in [-0.05, 0) is 19.4 Å². The second kappa shape index (κ2) is 3.58. The van der Waals surface area contributed by atoms with Crippen LogP contribution in [0.3, 0.4) is 0 Å². The maximum absolute atomic E-state index is 10.3. The molecule has 0 aromatic rings. The molecule has 0 spiro atoms. The van der Waals surface area contributed by atoms with Gasteiger partial charge in [-0.15, -0.1) is 0 Å². The van der Waals surface area contributed by atoms with Crippen molar-refractivity contribution in [2.24, 2.45) is 0 Å². The van der Waals surface area contributed by atoms with Crippen LogP contribution < -0.4 is 5.32 Å². The molecule has 2 N–H and O–H groups in total. The van der Waals surface area contributed by atoms with Crippen LogP contribution in [0.4, 0.5) is 4.79 Å². The van der Waals surface area contributed by atoms with Crippen molar-refractivity contribution in [1.29, 1.82) is 0 Å². The first-order chi connectivity index (χ1) is 5.59. The molecular formula is C8H13NO3. The SMILES string of the molecule is CC1=C[C@@H](NC(=O)O)[C@@H](C)OC1. The van der Waals surface area contributed by atoms with Gasteiger partial charge in [-0.2, -0.15) is 0 Å². The number of ether oxygens (including phenoxy) is 1. The van der Waals surface area contributed by atoms with Crippen molar-refractivity contribution < 1.29 is 14.6 Å². The van der Waals surface area contributed by atoms with Crippen molar-refractivity contribution in [3.63, 3.8) is 0 Å². The lowest BCUT2D eigenvalue weighted by atomic mass is 10.1. The van der Waals surface area contributed by atoms with E-state index in [9.17, 15) is 4.79 Å². The Kier molecular flexibility index (Phi) is 2.70. The standard InChI is InChI=1S/C8H13NO3/c1-5-3-7(9-8(10)11)6(2)12-4-5/h3,6-7,9H,4H2,1-2H3,(H,10,11)/t6-,7-/m1/s1. The van der Waals surface area contributed by atoms with Crippen molar-refractivity contribution in [3.05, 3.63) is 11.6 Å². The van der Waals surface area contributed by atoms with Crippen molar-refractivity contribution in [1.82, 2.24) is 5.32 Å². The Hall–Kier alpha value is -1.03. The predicted octanol–water partition coefficient (Wildman–Crippen LogP) is 0.988. The minimum Gasteiger partial charge on any atom is -0.465 e. The van der Waals surface area contributed by atoms with E-state index in [1.807, 2.05) is 19.9 Å². The van der Waals surface area contributed by atoms with Crippen molar-refractivity contribution in [2.75, 3.05) is 6.61 Å². The molecule has 0 aliphatic carbocycles. The van der Waals surface area contributed by atoms with Gasteiger partial charge in [-0.25, -0.2) is 4.79 Å². The molecule has 0 saturated heterocycles. The summed E-state index contributed by atoms with van der Waals surface area (Å²) in [5.74, 6) is 0. The van der Waals surface area contributed by atoms with E-state index in [-0.39, 0.29) is 12.1 Å². The van der Waals surface area contributed by atoms with Gasteiger partial charge in [-0.3, -0.25) is 0 Å².